The Morgan fingerprint density at radius 3 is 2.34 bits per heavy atom. The Labute approximate surface area is 205 Å². The van der Waals surface area contributed by atoms with Crippen LogP contribution in [0.2, 0.25) is 0 Å². The molecule has 0 amide bonds. The number of aromatic nitrogens is 1. The van der Waals surface area contributed by atoms with Gasteiger partial charge in [-0.3, -0.25) is 4.79 Å². The first-order chi connectivity index (χ1) is 16.9. The van der Waals surface area contributed by atoms with Crippen LogP contribution in [0.4, 0.5) is 0 Å². The van der Waals surface area contributed by atoms with Gasteiger partial charge in [-0.1, -0.05) is 54.6 Å². The number of carboxylic acids is 1. The number of benzene rings is 3. The molecule has 4 rings (SSSR count). The number of aliphatic carboxylic acids is 1. The van der Waals surface area contributed by atoms with Crippen LogP contribution in [-0.4, -0.2) is 22.2 Å². The van der Waals surface area contributed by atoms with E-state index in [9.17, 15) is 9.59 Å². The molecule has 0 bridgehead atoms. The highest BCUT2D eigenvalue weighted by Crippen LogP contribution is 2.35. The van der Waals surface area contributed by atoms with Gasteiger partial charge in [-0.2, -0.15) is 0 Å². The molecule has 0 spiro atoms. The molecule has 1 heterocycles. The summed E-state index contributed by atoms with van der Waals surface area (Å²) < 4.78 is 7.03. The Hall–Kier alpha value is -4.12. The van der Waals surface area contributed by atoms with Gasteiger partial charge in [-0.25, -0.2) is 4.79 Å². The van der Waals surface area contributed by atoms with Crippen LogP contribution >= 0.6 is 0 Å². The second kappa shape index (κ2) is 10.9. The van der Waals surface area contributed by atoms with Gasteiger partial charge in [0.2, 0.25) is 0 Å². The molecule has 5 heteroatoms. The van der Waals surface area contributed by atoms with Crippen molar-refractivity contribution in [1.29, 1.82) is 0 Å². The van der Waals surface area contributed by atoms with Gasteiger partial charge in [0.1, 0.15) is 5.75 Å². The van der Waals surface area contributed by atoms with E-state index in [1.54, 1.807) is 16.7 Å². The van der Waals surface area contributed by atoms with E-state index in [1.165, 1.54) is 16.7 Å². The second-order valence-corrected chi connectivity index (χ2v) is 8.70. The fourth-order valence-corrected chi connectivity index (χ4v) is 4.45. The maximum absolute atomic E-state index is 12.6. The molecule has 3 aromatic carbocycles. The quantitative estimate of drug-likeness (QED) is 0.333. The first-order valence-electron chi connectivity index (χ1n) is 11.7. The second-order valence-electron chi connectivity index (χ2n) is 8.70. The SMILES string of the molecule is Cc1cccc(C)c1-c1ccccc1-c1ccc(=O)n(CCCc2cccc(OCC(=O)O)c2)c1. The molecule has 0 atom stereocenters. The van der Waals surface area contributed by atoms with Crippen LogP contribution < -0.4 is 10.3 Å². The Balaban J connectivity index is 1.54. The normalized spacial score (nSPS) is 10.8. The van der Waals surface area contributed by atoms with E-state index in [4.69, 9.17) is 9.84 Å². The van der Waals surface area contributed by atoms with Gasteiger partial charge in [0.25, 0.3) is 5.56 Å². The lowest BCUT2D eigenvalue weighted by molar-refractivity contribution is -0.139. The van der Waals surface area contributed by atoms with Gasteiger partial charge in [0.15, 0.2) is 6.61 Å². The van der Waals surface area contributed by atoms with Crippen molar-refractivity contribution in [3.8, 4) is 28.0 Å². The molecular formula is C30H29NO4. The molecule has 1 N–H and O–H groups in total. The highest BCUT2D eigenvalue weighted by Gasteiger charge is 2.12. The summed E-state index contributed by atoms with van der Waals surface area (Å²) in [6.07, 6.45) is 3.46. The Morgan fingerprint density at radius 1 is 0.886 bits per heavy atom. The van der Waals surface area contributed by atoms with E-state index in [2.05, 4.69) is 50.2 Å². The standard InChI is InChI=1S/C30H29NO4/c1-21-8-5-9-22(2)30(21)27-14-4-3-13-26(27)24-15-16-28(32)31(19-24)17-7-11-23-10-6-12-25(18-23)35-20-29(33)34/h3-6,8-10,12-16,18-19H,7,11,17,20H2,1-2H3,(H,33,34). The van der Waals surface area contributed by atoms with Crippen LogP contribution in [0.25, 0.3) is 22.3 Å². The molecule has 0 unspecified atom stereocenters. The van der Waals surface area contributed by atoms with Crippen LogP contribution in [0.5, 0.6) is 5.75 Å². The third-order valence-electron chi connectivity index (χ3n) is 6.10. The zero-order valence-corrected chi connectivity index (χ0v) is 20.0. The van der Waals surface area contributed by atoms with E-state index >= 15 is 0 Å². The molecule has 35 heavy (non-hydrogen) atoms. The van der Waals surface area contributed by atoms with Crippen molar-refractivity contribution in [2.24, 2.45) is 0 Å². The summed E-state index contributed by atoms with van der Waals surface area (Å²) in [5.74, 6) is -0.471. The van der Waals surface area contributed by atoms with Crippen molar-refractivity contribution < 1.29 is 14.6 Å². The van der Waals surface area contributed by atoms with Gasteiger partial charge in [0, 0.05) is 18.8 Å². The van der Waals surface area contributed by atoms with Crippen LogP contribution in [-0.2, 0) is 17.8 Å². The largest absolute Gasteiger partial charge is 0.482 e. The summed E-state index contributed by atoms with van der Waals surface area (Å²) in [6, 6.07) is 25.6. The molecule has 0 saturated heterocycles. The van der Waals surface area contributed by atoms with E-state index in [1.807, 2.05) is 36.5 Å². The summed E-state index contributed by atoms with van der Waals surface area (Å²) >= 11 is 0. The Kier molecular flexibility index (Phi) is 7.46. The Morgan fingerprint density at radius 2 is 1.60 bits per heavy atom. The van der Waals surface area contributed by atoms with Gasteiger partial charge in [-0.15, -0.1) is 0 Å². The number of ether oxygens (including phenoxy) is 1. The molecule has 4 aromatic rings. The maximum Gasteiger partial charge on any atom is 0.341 e. The smallest absolute Gasteiger partial charge is 0.341 e. The molecule has 0 saturated carbocycles. The van der Waals surface area contributed by atoms with Gasteiger partial charge in [0.05, 0.1) is 0 Å². The van der Waals surface area contributed by atoms with Crippen molar-refractivity contribution in [2.45, 2.75) is 33.2 Å². The first-order valence-corrected chi connectivity index (χ1v) is 11.7. The summed E-state index contributed by atoms with van der Waals surface area (Å²) in [4.78, 5) is 23.3. The average Bonchev–Trinajstić information content (AvgIpc) is 2.84. The van der Waals surface area contributed by atoms with Crippen molar-refractivity contribution in [2.75, 3.05) is 6.61 Å². The number of rotatable bonds is 9. The van der Waals surface area contributed by atoms with E-state index in [0.29, 0.717) is 12.3 Å². The minimum Gasteiger partial charge on any atom is -0.482 e. The summed E-state index contributed by atoms with van der Waals surface area (Å²) in [6.45, 7) is 4.47. The van der Waals surface area contributed by atoms with Gasteiger partial charge < -0.3 is 14.4 Å². The van der Waals surface area contributed by atoms with Crippen molar-refractivity contribution in [1.82, 2.24) is 4.57 Å². The molecule has 0 fully saturated rings. The fraction of sp³-hybridized carbons (Fsp3) is 0.200. The maximum atomic E-state index is 12.6. The lowest BCUT2D eigenvalue weighted by Crippen LogP contribution is -2.19. The van der Waals surface area contributed by atoms with Crippen LogP contribution in [0, 0.1) is 13.8 Å². The summed E-state index contributed by atoms with van der Waals surface area (Å²) in [5.41, 5.74) is 7.95. The molecule has 0 aliphatic carbocycles. The number of pyridine rings is 1. The number of carboxylic acid groups (broad SMARTS) is 1. The Bertz CT molecular complexity index is 1380. The van der Waals surface area contributed by atoms with Crippen LogP contribution in [0.1, 0.15) is 23.1 Å². The molecule has 0 radical (unpaired) electrons. The molecule has 178 valence electrons. The zero-order chi connectivity index (χ0) is 24.8. The first kappa shape index (κ1) is 24.0. The number of hydrogen-bond donors (Lipinski definition) is 1. The summed E-state index contributed by atoms with van der Waals surface area (Å²) in [7, 11) is 0. The molecule has 1 aromatic heterocycles. The highest BCUT2D eigenvalue weighted by molar-refractivity contribution is 5.85. The van der Waals surface area contributed by atoms with Crippen LogP contribution in [0.15, 0.2) is 89.9 Å². The van der Waals surface area contributed by atoms with Crippen molar-refractivity contribution >= 4 is 5.97 Å². The third kappa shape index (κ3) is 5.87. The predicted molar refractivity (Wildman–Crippen MR) is 139 cm³/mol. The number of hydrogen-bond acceptors (Lipinski definition) is 3. The number of carbonyl (C=O) groups is 1. The third-order valence-corrected chi connectivity index (χ3v) is 6.10. The monoisotopic (exact) mass is 467 g/mol. The average molecular weight is 468 g/mol. The highest BCUT2D eigenvalue weighted by atomic mass is 16.5. The fourth-order valence-electron chi connectivity index (χ4n) is 4.45. The lowest BCUT2D eigenvalue weighted by atomic mass is 9.90. The lowest BCUT2D eigenvalue weighted by Gasteiger charge is -2.16. The minimum atomic E-state index is -1.01. The van der Waals surface area contributed by atoms with Crippen molar-refractivity contribution in [3.05, 3.63) is 112 Å². The predicted octanol–water partition coefficient (Wildman–Crippen LogP) is 5.90. The zero-order valence-electron chi connectivity index (χ0n) is 20.0. The minimum absolute atomic E-state index is 0.0307. The van der Waals surface area contributed by atoms with E-state index < -0.39 is 5.97 Å². The molecule has 0 aliphatic heterocycles. The summed E-state index contributed by atoms with van der Waals surface area (Å²) in [5, 5.41) is 8.79. The van der Waals surface area contributed by atoms with Gasteiger partial charge in [-0.05, 0) is 83.8 Å². The molecule has 5 nitrogen and oxygen atoms in total. The molecular weight excluding hydrogens is 438 g/mol. The van der Waals surface area contributed by atoms with Crippen molar-refractivity contribution in [3.63, 3.8) is 0 Å². The van der Waals surface area contributed by atoms with Crippen LogP contribution in [0.3, 0.4) is 0 Å². The van der Waals surface area contributed by atoms with E-state index in [0.717, 1.165) is 35.1 Å². The van der Waals surface area contributed by atoms with E-state index in [-0.39, 0.29) is 12.2 Å². The van der Waals surface area contributed by atoms with Gasteiger partial charge >= 0.3 is 5.97 Å². The molecule has 0 aliphatic rings. The number of aryl methyl sites for hydroxylation is 4. The topological polar surface area (TPSA) is 68.5 Å². The number of nitrogens with zero attached hydrogens (tertiary/aromatic N) is 1.